The van der Waals surface area contributed by atoms with E-state index in [1.165, 1.54) is 6.07 Å². The van der Waals surface area contributed by atoms with Crippen LogP contribution in [-0.2, 0) is 11.2 Å². The zero-order chi connectivity index (χ0) is 18.7. The van der Waals surface area contributed by atoms with Gasteiger partial charge in [0.25, 0.3) is 0 Å². The highest BCUT2D eigenvalue weighted by Crippen LogP contribution is 2.34. The summed E-state index contributed by atoms with van der Waals surface area (Å²) < 4.78 is 14.0. The van der Waals surface area contributed by atoms with Crippen molar-refractivity contribution in [1.29, 1.82) is 0 Å². The lowest BCUT2D eigenvalue weighted by Crippen LogP contribution is -2.36. The Balaban J connectivity index is 1.82. The standard InChI is InChI=1S/C20H22FN3O2/c1-13(14-6-2-3-8-16(14)21)12-19(25)24-11-5-7-15-17(23-20(22)26)9-4-10-18(15)24/h2-4,6,8-10,13H,5,7,11-12H2,1H3,(H3,22,23,26)/t13-/m0/s1. The molecule has 0 unspecified atom stereocenters. The molecule has 3 N–H and O–H groups in total. The summed E-state index contributed by atoms with van der Waals surface area (Å²) in [6.07, 6.45) is 1.77. The maximum atomic E-state index is 14.0. The minimum absolute atomic E-state index is 0.0575. The van der Waals surface area contributed by atoms with Gasteiger partial charge >= 0.3 is 6.03 Å². The number of urea groups is 1. The molecule has 1 atom stereocenters. The highest BCUT2D eigenvalue weighted by Gasteiger charge is 2.26. The number of nitrogens with two attached hydrogens (primary N) is 1. The molecule has 0 aromatic heterocycles. The molecule has 0 fully saturated rings. The van der Waals surface area contributed by atoms with Crippen molar-refractivity contribution < 1.29 is 14.0 Å². The maximum absolute atomic E-state index is 14.0. The molecule has 5 nitrogen and oxygen atoms in total. The first-order valence-corrected chi connectivity index (χ1v) is 8.70. The number of primary amides is 1. The van der Waals surface area contributed by atoms with E-state index in [4.69, 9.17) is 5.73 Å². The van der Waals surface area contributed by atoms with Gasteiger partial charge in [-0.1, -0.05) is 31.2 Å². The fourth-order valence-electron chi connectivity index (χ4n) is 3.49. The SMILES string of the molecule is C[C@@H](CC(=O)N1CCCc2c(NC(N)=O)cccc21)c1ccccc1F. The van der Waals surface area contributed by atoms with Crippen LogP contribution in [-0.4, -0.2) is 18.5 Å². The van der Waals surface area contributed by atoms with Gasteiger partial charge in [0.2, 0.25) is 5.91 Å². The summed E-state index contributed by atoms with van der Waals surface area (Å²) in [6.45, 7) is 2.46. The van der Waals surface area contributed by atoms with Gasteiger partial charge < -0.3 is 16.0 Å². The molecule has 0 radical (unpaired) electrons. The molecule has 3 amide bonds. The zero-order valence-electron chi connectivity index (χ0n) is 14.7. The van der Waals surface area contributed by atoms with E-state index in [1.54, 1.807) is 35.2 Å². The van der Waals surface area contributed by atoms with Gasteiger partial charge in [0, 0.05) is 24.3 Å². The Morgan fingerprint density at radius 1 is 1.23 bits per heavy atom. The second-order valence-electron chi connectivity index (χ2n) is 6.57. The van der Waals surface area contributed by atoms with Crippen molar-refractivity contribution in [3.63, 3.8) is 0 Å². The lowest BCUT2D eigenvalue weighted by atomic mass is 9.94. The quantitative estimate of drug-likeness (QED) is 0.875. The molecule has 1 heterocycles. The van der Waals surface area contributed by atoms with E-state index in [1.807, 2.05) is 13.0 Å². The van der Waals surface area contributed by atoms with Crippen LogP contribution < -0.4 is 16.0 Å². The molecule has 6 heteroatoms. The van der Waals surface area contributed by atoms with Crippen LogP contribution in [0.2, 0.25) is 0 Å². The Bertz CT molecular complexity index is 838. The van der Waals surface area contributed by atoms with Crippen molar-refractivity contribution in [2.45, 2.75) is 32.1 Å². The summed E-state index contributed by atoms with van der Waals surface area (Å²) in [6, 6.07) is 11.3. The number of nitrogens with one attached hydrogen (secondary N) is 1. The van der Waals surface area contributed by atoms with Crippen LogP contribution in [0.15, 0.2) is 42.5 Å². The van der Waals surface area contributed by atoms with Gasteiger partial charge in [-0.25, -0.2) is 9.18 Å². The molecule has 136 valence electrons. The normalized spacial score (nSPS) is 14.5. The minimum atomic E-state index is -0.630. The second kappa shape index (κ2) is 7.56. The van der Waals surface area contributed by atoms with Gasteiger partial charge in [-0.05, 0) is 48.1 Å². The number of hydrogen-bond donors (Lipinski definition) is 2. The Morgan fingerprint density at radius 3 is 2.73 bits per heavy atom. The molecule has 0 aliphatic carbocycles. The van der Waals surface area contributed by atoms with Crippen LogP contribution >= 0.6 is 0 Å². The first-order valence-electron chi connectivity index (χ1n) is 8.70. The third-order valence-electron chi connectivity index (χ3n) is 4.73. The first-order chi connectivity index (χ1) is 12.5. The fourth-order valence-corrected chi connectivity index (χ4v) is 3.49. The number of nitrogens with zero attached hydrogens (tertiary/aromatic N) is 1. The highest BCUT2D eigenvalue weighted by atomic mass is 19.1. The Kier molecular flexibility index (Phi) is 5.21. The number of carbonyl (C=O) groups excluding carboxylic acids is 2. The van der Waals surface area contributed by atoms with Gasteiger partial charge in [-0.3, -0.25) is 4.79 Å². The number of anilines is 2. The number of halogens is 1. The lowest BCUT2D eigenvalue weighted by molar-refractivity contribution is -0.119. The van der Waals surface area contributed by atoms with E-state index in [0.29, 0.717) is 17.8 Å². The van der Waals surface area contributed by atoms with Crippen molar-refractivity contribution in [3.8, 4) is 0 Å². The molecule has 3 rings (SSSR count). The molecule has 2 aromatic carbocycles. The van der Waals surface area contributed by atoms with E-state index < -0.39 is 6.03 Å². The molecule has 0 saturated carbocycles. The molecule has 0 spiro atoms. The molecule has 0 saturated heterocycles. The fraction of sp³-hybridized carbons (Fsp3) is 0.300. The Hall–Kier alpha value is -2.89. The summed E-state index contributed by atoms with van der Waals surface area (Å²) in [5.41, 5.74) is 8.10. The number of carbonyl (C=O) groups is 2. The van der Waals surface area contributed by atoms with Gasteiger partial charge in [-0.15, -0.1) is 0 Å². The van der Waals surface area contributed by atoms with Crippen LogP contribution in [0.5, 0.6) is 0 Å². The molecule has 26 heavy (non-hydrogen) atoms. The van der Waals surface area contributed by atoms with Crippen molar-refractivity contribution in [2.75, 3.05) is 16.8 Å². The average Bonchev–Trinajstić information content (AvgIpc) is 2.61. The minimum Gasteiger partial charge on any atom is -0.351 e. The summed E-state index contributed by atoms with van der Waals surface area (Å²) in [7, 11) is 0. The van der Waals surface area contributed by atoms with Crippen molar-refractivity contribution in [1.82, 2.24) is 0 Å². The predicted molar refractivity (Wildman–Crippen MR) is 99.8 cm³/mol. The molecule has 0 bridgehead atoms. The molecule has 2 aromatic rings. The summed E-state index contributed by atoms with van der Waals surface area (Å²) >= 11 is 0. The number of rotatable bonds is 4. The van der Waals surface area contributed by atoms with Crippen molar-refractivity contribution in [2.24, 2.45) is 5.73 Å². The van der Waals surface area contributed by atoms with Gasteiger partial charge in [0.1, 0.15) is 5.82 Å². The van der Waals surface area contributed by atoms with Gasteiger partial charge in [0.05, 0.1) is 0 Å². The average molecular weight is 355 g/mol. The van der Waals surface area contributed by atoms with Crippen LogP contribution in [0.3, 0.4) is 0 Å². The van der Waals surface area contributed by atoms with E-state index >= 15 is 0 Å². The number of benzene rings is 2. The van der Waals surface area contributed by atoms with E-state index in [2.05, 4.69) is 5.32 Å². The van der Waals surface area contributed by atoms with Crippen molar-refractivity contribution >= 4 is 23.3 Å². The predicted octanol–water partition coefficient (Wildman–Crippen LogP) is 3.79. The van der Waals surface area contributed by atoms with Crippen molar-refractivity contribution in [3.05, 3.63) is 59.4 Å². The number of hydrogen-bond acceptors (Lipinski definition) is 2. The molecular weight excluding hydrogens is 333 g/mol. The summed E-state index contributed by atoms with van der Waals surface area (Å²) in [4.78, 5) is 25.8. The maximum Gasteiger partial charge on any atom is 0.316 e. The van der Waals surface area contributed by atoms with E-state index in [-0.39, 0.29) is 24.1 Å². The van der Waals surface area contributed by atoms with Crippen LogP contribution in [0.1, 0.15) is 36.8 Å². The third-order valence-corrected chi connectivity index (χ3v) is 4.73. The number of amides is 3. The Morgan fingerprint density at radius 2 is 2.00 bits per heavy atom. The largest absolute Gasteiger partial charge is 0.351 e. The molecular formula is C20H22FN3O2. The molecule has 1 aliphatic rings. The Labute approximate surface area is 152 Å². The van der Waals surface area contributed by atoms with Gasteiger partial charge in [0.15, 0.2) is 0 Å². The smallest absolute Gasteiger partial charge is 0.316 e. The topological polar surface area (TPSA) is 75.4 Å². The van der Waals surface area contributed by atoms with Crippen LogP contribution in [0.4, 0.5) is 20.6 Å². The van der Waals surface area contributed by atoms with Crippen LogP contribution in [0, 0.1) is 5.82 Å². The second-order valence-corrected chi connectivity index (χ2v) is 6.57. The molecule has 1 aliphatic heterocycles. The highest BCUT2D eigenvalue weighted by molar-refractivity contribution is 5.97. The zero-order valence-corrected chi connectivity index (χ0v) is 14.7. The van der Waals surface area contributed by atoms with E-state index in [0.717, 1.165) is 24.1 Å². The number of fused-ring (bicyclic) bond motifs is 1. The summed E-state index contributed by atoms with van der Waals surface area (Å²) in [5, 5.41) is 2.62. The monoisotopic (exact) mass is 355 g/mol. The van der Waals surface area contributed by atoms with Crippen LogP contribution in [0.25, 0.3) is 0 Å². The van der Waals surface area contributed by atoms with Gasteiger partial charge in [-0.2, -0.15) is 0 Å². The third kappa shape index (κ3) is 3.69. The lowest BCUT2D eigenvalue weighted by Gasteiger charge is -2.31. The van der Waals surface area contributed by atoms with E-state index in [9.17, 15) is 14.0 Å². The first kappa shape index (κ1) is 17.9. The summed E-state index contributed by atoms with van der Waals surface area (Å²) in [5.74, 6) is -0.571.